The molecule has 0 atom stereocenters. The van der Waals surface area contributed by atoms with Gasteiger partial charge in [-0.1, -0.05) is 6.07 Å². The summed E-state index contributed by atoms with van der Waals surface area (Å²) in [4.78, 5) is 11.2. The van der Waals surface area contributed by atoms with Crippen LogP contribution in [0.25, 0.3) is 11.1 Å². The van der Waals surface area contributed by atoms with Gasteiger partial charge in [0.25, 0.3) is 0 Å². The van der Waals surface area contributed by atoms with Gasteiger partial charge in [-0.2, -0.15) is 0 Å². The van der Waals surface area contributed by atoms with Crippen LogP contribution >= 0.6 is 0 Å². The quantitative estimate of drug-likeness (QED) is 0.626. The number of nitrogens with zero attached hydrogens (tertiary/aromatic N) is 1. The molecule has 0 saturated heterocycles. The largest absolute Gasteiger partial charge is 0.419 e. The molecule has 14 heavy (non-hydrogen) atoms. The molecule has 2 aromatic rings. The van der Waals surface area contributed by atoms with Crippen LogP contribution < -0.4 is 17.2 Å². The zero-order chi connectivity index (χ0) is 10.3. The van der Waals surface area contributed by atoms with Crippen LogP contribution in [-0.4, -0.2) is 4.57 Å². The molecule has 0 fully saturated rings. The van der Waals surface area contributed by atoms with E-state index in [-0.39, 0.29) is 5.76 Å². The monoisotopic (exact) mass is 193 g/mol. The van der Waals surface area contributed by atoms with Gasteiger partial charge in [0.15, 0.2) is 5.58 Å². The number of benzene rings is 1. The molecule has 0 aliphatic heterocycles. The smallest absolute Gasteiger partial charge is 0.408 e. The van der Waals surface area contributed by atoms with E-state index < -0.39 is 6.17 Å². The Labute approximate surface area is 79.9 Å². The molecule has 1 aromatic carbocycles. The fourth-order valence-corrected chi connectivity index (χ4v) is 1.35. The normalized spacial score (nSPS) is 11.4. The number of oxazole rings is 1. The molecule has 74 valence electrons. The van der Waals surface area contributed by atoms with Crippen molar-refractivity contribution >= 4 is 11.1 Å². The predicted molar refractivity (Wildman–Crippen MR) is 52.6 cm³/mol. The minimum atomic E-state index is -0.538. The van der Waals surface area contributed by atoms with E-state index in [1.807, 2.05) is 0 Å². The van der Waals surface area contributed by atoms with Crippen molar-refractivity contribution in [2.75, 3.05) is 0 Å². The topological polar surface area (TPSA) is 87.2 Å². The van der Waals surface area contributed by atoms with Crippen molar-refractivity contribution in [3.63, 3.8) is 0 Å². The highest BCUT2D eigenvalue weighted by Gasteiger charge is 2.07. The Bertz CT molecular complexity index is 524. The van der Waals surface area contributed by atoms with Crippen molar-refractivity contribution in [3.8, 4) is 0 Å². The molecule has 0 saturated carbocycles. The van der Waals surface area contributed by atoms with Gasteiger partial charge < -0.3 is 15.9 Å². The molecule has 0 bridgehead atoms. The van der Waals surface area contributed by atoms with Gasteiger partial charge in [-0.3, -0.25) is 4.57 Å². The van der Waals surface area contributed by atoms with Crippen LogP contribution in [0.1, 0.15) is 11.7 Å². The fraction of sp³-hybridized carbons (Fsp3) is 0.222. The van der Waals surface area contributed by atoms with Crippen molar-refractivity contribution in [1.82, 2.24) is 4.57 Å². The standard InChI is InChI=1S/C9H11N3O2/c1-12-6-4-5(8(10)11)2-3-7(6)14-9(12)13/h2-4,8H,10-11H2,1H3. The first-order chi connectivity index (χ1) is 6.59. The summed E-state index contributed by atoms with van der Waals surface area (Å²) in [5.74, 6) is -0.386. The summed E-state index contributed by atoms with van der Waals surface area (Å²) < 4.78 is 6.38. The first-order valence-electron chi connectivity index (χ1n) is 4.20. The second-order valence-corrected chi connectivity index (χ2v) is 3.18. The van der Waals surface area contributed by atoms with Crippen LogP contribution in [-0.2, 0) is 7.05 Å². The van der Waals surface area contributed by atoms with Crippen LogP contribution in [0.15, 0.2) is 27.4 Å². The van der Waals surface area contributed by atoms with E-state index in [0.717, 1.165) is 5.56 Å². The van der Waals surface area contributed by atoms with Crippen molar-refractivity contribution in [1.29, 1.82) is 0 Å². The molecular formula is C9H11N3O2. The van der Waals surface area contributed by atoms with Crippen molar-refractivity contribution < 1.29 is 4.42 Å². The summed E-state index contributed by atoms with van der Waals surface area (Å²) in [6, 6.07) is 5.19. The maximum Gasteiger partial charge on any atom is 0.419 e. The van der Waals surface area contributed by atoms with Crippen molar-refractivity contribution in [2.45, 2.75) is 6.17 Å². The summed E-state index contributed by atoms with van der Waals surface area (Å²) in [5, 5.41) is 0. The first-order valence-corrected chi connectivity index (χ1v) is 4.20. The molecule has 2 rings (SSSR count). The minimum Gasteiger partial charge on any atom is -0.408 e. The molecule has 0 unspecified atom stereocenters. The molecule has 5 nitrogen and oxygen atoms in total. The second kappa shape index (κ2) is 2.97. The number of fused-ring (bicyclic) bond motifs is 1. The van der Waals surface area contributed by atoms with E-state index in [2.05, 4.69) is 0 Å². The third-order valence-corrected chi connectivity index (χ3v) is 2.20. The Hall–Kier alpha value is -1.59. The highest BCUT2D eigenvalue weighted by Crippen LogP contribution is 2.15. The van der Waals surface area contributed by atoms with Crippen molar-refractivity contribution in [3.05, 3.63) is 34.3 Å². The maximum absolute atomic E-state index is 11.2. The molecule has 0 radical (unpaired) electrons. The lowest BCUT2D eigenvalue weighted by atomic mass is 10.1. The van der Waals surface area contributed by atoms with E-state index in [4.69, 9.17) is 15.9 Å². The Balaban J connectivity index is 2.76. The number of hydrogen-bond acceptors (Lipinski definition) is 4. The number of hydrogen-bond donors (Lipinski definition) is 2. The van der Waals surface area contributed by atoms with E-state index in [9.17, 15) is 4.79 Å². The summed E-state index contributed by atoms with van der Waals surface area (Å²) in [6.07, 6.45) is -0.538. The second-order valence-electron chi connectivity index (χ2n) is 3.18. The number of aryl methyl sites for hydroxylation is 1. The Morgan fingerprint density at radius 2 is 2.14 bits per heavy atom. The highest BCUT2D eigenvalue weighted by atomic mass is 16.4. The zero-order valence-electron chi connectivity index (χ0n) is 7.73. The molecule has 1 aromatic heterocycles. The molecular weight excluding hydrogens is 182 g/mol. The maximum atomic E-state index is 11.2. The van der Waals surface area contributed by atoms with E-state index in [0.29, 0.717) is 11.1 Å². The molecule has 0 spiro atoms. The van der Waals surface area contributed by atoms with E-state index in [1.54, 1.807) is 25.2 Å². The third-order valence-electron chi connectivity index (χ3n) is 2.20. The van der Waals surface area contributed by atoms with Gasteiger partial charge in [-0.05, 0) is 17.7 Å². The Kier molecular flexibility index (Phi) is 1.90. The average Bonchev–Trinajstić information content (AvgIpc) is 2.43. The molecule has 0 aliphatic carbocycles. The van der Waals surface area contributed by atoms with E-state index in [1.165, 1.54) is 4.57 Å². The van der Waals surface area contributed by atoms with E-state index >= 15 is 0 Å². The highest BCUT2D eigenvalue weighted by molar-refractivity contribution is 5.73. The average molecular weight is 193 g/mol. The fourth-order valence-electron chi connectivity index (χ4n) is 1.35. The zero-order valence-corrected chi connectivity index (χ0v) is 7.73. The third kappa shape index (κ3) is 1.23. The Morgan fingerprint density at radius 1 is 1.43 bits per heavy atom. The van der Waals surface area contributed by atoms with Gasteiger partial charge >= 0.3 is 5.76 Å². The first kappa shape index (κ1) is 8.98. The van der Waals surface area contributed by atoms with Gasteiger partial charge in [-0.15, -0.1) is 0 Å². The van der Waals surface area contributed by atoms with Gasteiger partial charge in [0.2, 0.25) is 0 Å². The van der Waals surface area contributed by atoms with Gasteiger partial charge in [-0.25, -0.2) is 4.79 Å². The lowest BCUT2D eigenvalue weighted by molar-refractivity contribution is 0.528. The molecule has 0 aliphatic rings. The minimum absolute atomic E-state index is 0.386. The lowest BCUT2D eigenvalue weighted by Crippen LogP contribution is -2.20. The van der Waals surface area contributed by atoms with Crippen molar-refractivity contribution in [2.24, 2.45) is 18.5 Å². The molecule has 0 amide bonds. The molecule has 5 heteroatoms. The van der Waals surface area contributed by atoms with Gasteiger partial charge in [0.1, 0.15) is 0 Å². The number of aromatic nitrogens is 1. The predicted octanol–water partition coefficient (Wildman–Crippen LogP) is 0.0475. The van der Waals surface area contributed by atoms with Gasteiger partial charge in [0, 0.05) is 7.05 Å². The van der Waals surface area contributed by atoms with Crippen LogP contribution in [0.3, 0.4) is 0 Å². The number of rotatable bonds is 1. The van der Waals surface area contributed by atoms with Crippen LogP contribution in [0, 0.1) is 0 Å². The van der Waals surface area contributed by atoms with Crippen LogP contribution in [0.5, 0.6) is 0 Å². The van der Waals surface area contributed by atoms with Gasteiger partial charge in [0.05, 0.1) is 11.7 Å². The number of nitrogens with two attached hydrogens (primary N) is 2. The lowest BCUT2D eigenvalue weighted by Gasteiger charge is -2.04. The summed E-state index contributed by atoms with van der Waals surface area (Å²) in [6.45, 7) is 0. The van der Waals surface area contributed by atoms with Crippen LogP contribution in [0.4, 0.5) is 0 Å². The summed E-state index contributed by atoms with van der Waals surface area (Å²) in [7, 11) is 1.64. The molecule has 1 heterocycles. The Morgan fingerprint density at radius 3 is 2.79 bits per heavy atom. The van der Waals surface area contributed by atoms with Crippen LogP contribution in [0.2, 0.25) is 0 Å². The summed E-state index contributed by atoms with van der Waals surface area (Å²) in [5.41, 5.74) is 13.1. The SMILES string of the molecule is Cn1c(=O)oc2ccc(C(N)N)cc21. The summed E-state index contributed by atoms with van der Waals surface area (Å²) >= 11 is 0. The molecule has 4 N–H and O–H groups in total.